The lowest BCUT2D eigenvalue weighted by Gasteiger charge is -2.27. The van der Waals surface area contributed by atoms with E-state index in [1.54, 1.807) is 6.20 Å². The lowest BCUT2D eigenvalue weighted by Crippen LogP contribution is -2.37. The Morgan fingerprint density at radius 2 is 2.12 bits per heavy atom. The van der Waals surface area contributed by atoms with Gasteiger partial charge in [-0.25, -0.2) is 18.4 Å². The van der Waals surface area contributed by atoms with Crippen LogP contribution >= 0.6 is 0 Å². The first-order valence-corrected chi connectivity index (χ1v) is 7.09. The first kappa shape index (κ1) is 11.5. The van der Waals surface area contributed by atoms with Gasteiger partial charge in [-0.05, 0) is 13.8 Å². The average Bonchev–Trinajstić information content (AvgIpc) is 2.15. The van der Waals surface area contributed by atoms with Crippen LogP contribution in [0.4, 0.5) is 0 Å². The van der Waals surface area contributed by atoms with Crippen LogP contribution in [-0.4, -0.2) is 30.7 Å². The van der Waals surface area contributed by atoms with E-state index in [1.807, 2.05) is 6.92 Å². The van der Waals surface area contributed by atoms with Gasteiger partial charge < -0.3 is 5.32 Å². The third kappa shape index (κ3) is 2.08. The zero-order chi connectivity index (χ0) is 11.9. The molecule has 0 aliphatic carbocycles. The van der Waals surface area contributed by atoms with Gasteiger partial charge in [0.1, 0.15) is 0 Å². The second-order valence-corrected chi connectivity index (χ2v) is 6.23. The Labute approximate surface area is 95.2 Å². The maximum atomic E-state index is 11.3. The van der Waals surface area contributed by atoms with E-state index in [4.69, 9.17) is 0 Å². The molecule has 1 aromatic heterocycles. The lowest BCUT2D eigenvalue weighted by molar-refractivity contribution is 0.433. The van der Waals surface area contributed by atoms with Crippen LogP contribution in [0.25, 0.3) is 0 Å². The van der Waals surface area contributed by atoms with Gasteiger partial charge in [-0.2, -0.15) is 0 Å². The molecular formula is C10H15N3O2S. The number of rotatable bonds is 1. The third-order valence-corrected chi connectivity index (χ3v) is 3.57. The molecule has 0 bridgehead atoms. The SMILES string of the molecule is CC1Cc2nc(S(C)(=O)=O)ncc2C(C)N1. The van der Waals surface area contributed by atoms with E-state index in [9.17, 15) is 8.42 Å². The summed E-state index contributed by atoms with van der Waals surface area (Å²) in [6, 6.07) is 0.483. The molecule has 0 aromatic carbocycles. The summed E-state index contributed by atoms with van der Waals surface area (Å²) in [5.74, 6) is 0. The van der Waals surface area contributed by atoms with E-state index in [-0.39, 0.29) is 11.2 Å². The predicted molar refractivity (Wildman–Crippen MR) is 59.9 cm³/mol. The average molecular weight is 241 g/mol. The summed E-state index contributed by atoms with van der Waals surface area (Å²) in [6.45, 7) is 4.08. The van der Waals surface area contributed by atoms with Crippen LogP contribution in [0.15, 0.2) is 11.4 Å². The minimum atomic E-state index is -3.31. The summed E-state index contributed by atoms with van der Waals surface area (Å²) in [5.41, 5.74) is 1.83. The fraction of sp³-hybridized carbons (Fsp3) is 0.600. The number of nitrogens with zero attached hydrogens (tertiary/aromatic N) is 2. The van der Waals surface area contributed by atoms with E-state index in [0.717, 1.165) is 23.9 Å². The fourth-order valence-corrected chi connectivity index (χ4v) is 2.50. The summed E-state index contributed by atoms with van der Waals surface area (Å²) in [6.07, 6.45) is 3.48. The Balaban J connectivity index is 2.50. The first-order chi connectivity index (χ1) is 7.38. The van der Waals surface area contributed by atoms with Crippen molar-refractivity contribution in [3.63, 3.8) is 0 Å². The van der Waals surface area contributed by atoms with Gasteiger partial charge in [-0.3, -0.25) is 0 Å². The number of hydrogen-bond donors (Lipinski definition) is 1. The quantitative estimate of drug-likeness (QED) is 0.724. The summed E-state index contributed by atoms with van der Waals surface area (Å²) in [7, 11) is -3.31. The Kier molecular flexibility index (Phi) is 2.71. The monoisotopic (exact) mass is 241 g/mol. The van der Waals surface area contributed by atoms with Crippen molar-refractivity contribution in [1.29, 1.82) is 0 Å². The highest BCUT2D eigenvalue weighted by Crippen LogP contribution is 2.23. The number of hydrogen-bond acceptors (Lipinski definition) is 5. The van der Waals surface area contributed by atoms with Gasteiger partial charge in [0.05, 0.1) is 5.69 Å². The second kappa shape index (κ2) is 3.78. The van der Waals surface area contributed by atoms with Crippen molar-refractivity contribution >= 4 is 9.84 Å². The van der Waals surface area contributed by atoms with Crippen molar-refractivity contribution in [2.24, 2.45) is 0 Å². The first-order valence-electron chi connectivity index (χ1n) is 5.20. The predicted octanol–water partition coefficient (Wildman–Crippen LogP) is 0.475. The molecule has 0 saturated heterocycles. The fourth-order valence-electron chi connectivity index (χ4n) is 1.98. The molecule has 5 nitrogen and oxygen atoms in total. The van der Waals surface area contributed by atoms with Gasteiger partial charge in [0.2, 0.25) is 15.0 Å². The molecule has 2 rings (SSSR count). The zero-order valence-corrected chi connectivity index (χ0v) is 10.4. The minimum absolute atomic E-state index is 0.0763. The summed E-state index contributed by atoms with van der Waals surface area (Å²) < 4.78 is 22.7. The van der Waals surface area contributed by atoms with Gasteiger partial charge in [0, 0.05) is 36.5 Å². The minimum Gasteiger partial charge on any atom is -0.307 e. The molecule has 6 heteroatoms. The number of fused-ring (bicyclic) bond motifs is 1. The Morgan fingerprint density at radius 1 is 1.44 bits per heavy atom. The van der Waals surface area contributed by atoms with Crippen molar-refractivity contribution in [1.82, 2.24) is 15.3 Å². The smallest absolute Gasteiger partial charge is 0.246 e. The molecule has 0 amide bonds. The second-order valence-electron chi connectivity index (χ2n) is 4.32. The maximum Gasteiger partial charge on any atom is 0.246 e. The third-order valence-electron chi connectivity index (χ3n) is 2.71. The van der Waals surface area contributed by atoms with Crippen molar-refractivity contribution in [3.8, 4) is 0 Å². The Hall–Kier alpha value is -1.01. The van der Waals surface area contributed by atoms with Crippen molar-refractivity contribution in [2.75, 3.05) is 6.26 Å². The molecule has 0 spiro atoms. The zero-order valence-electron chi connectivity index (χ0n) is 9.56. The van der Waals surface area contributed by atoms with Crippen LogP contribution in [0.3, 0.4) is 0 Å². The molecule has 88 valence electrons. The van der Waals surface area contributed by atoms with Crippen LogP contribution in [-0.2, 0) is 16.3 Å². The van der Waals surface area contributed by atoms with Crippen LogP contribution in [0.5, 0.6) is 0 Å². The maximum absolute atomic E-state index is 11.3. The van der Waals surface area contributed by atoms with Gasteiger partial charge in [-0.15, -0.1) is 0 Å². The molecule has 1 aliphatic heterocycles. The van der Waals surface area contributed by atoms with Crippen molar-refractivity contribution < 1.29 is 8.42 Å². The Bertz CT molecular complexity index is 513. The van der Waals surface area contributed by atoms with Crippen LogP contribution in [0.1, 0.15) is 31.1 Å². The highest BCUT2D eigenvalue weighted by molar-refractivity contribution is 7.90. The standard InChI is InChI=1S/C10H15N3O2S/c1-6-4-9-8(7(2)12-6)5-11-10(13-9)16(3,14)15/h5-7,12H,4H2,1-3H3. The molecule has 1 N–H and O–H groups in total. The highest BCUT2D eigenvalue weighted by Gasteiger charge is 2.24. The van der Waals surface area contributed by atoms with E-state index >= 15 is 0 Å². The highest BCUT2D eigenvalue weighted by atomic mass is 32.2. The van der Waals surface area contributed by atoms with Crippen molar-refractivity contribution in [3.05, 3.63) is 17.5 Å². The Morgan fingerprint density at radius 3 is 2.75 bits per heavy atom. The van der Waals surface area contributed by atoms with E-state index in [0.29, 0.717) is 6.04 Å². The molecular weight excluding hydrogens is 226 g/mol. The van der Waals surface area contributed by atoms with Gasteiger partial charge in [0.25, 0.3) is 0 Å². The summed E-state index contributed by atoms with van der Waals surface area (Å²) in [5, 5.41) is 3.29. The number of aromatic nitrogens is 2. The van der Waals surface area contributed by atoms with Crippen molar-refractivity contribution in [2.45, 2.75) is 37.5 Å². The topological polar surface area (TPSA) is 72.0 Å². The van der Waals surface area contributed by atoms with Crippen LogP contribution in [0, 0.1) is 0 Å². The van der Waals surface area contributed by atoms with E-state index in [2.05, 4.69) is 22.2 Å². The summed E-state index contributed by atoms with van der Waals surface area (Å²) in [4.78, 5) is 8.05. The molecule has 0 radical (unpaired) electrons. The molecule has 1 aliphatic rings. The van der Waals surface area contributed by atoms with Gasteiger partial charge in [0.15, 0.2) is 0 Å². The van der Waals surface area contributed by atoms with E-state index < -0.39 is 9.84 Å². The number of sulfone groups is 1. The van der Waals surface area contributed by atoms with Gasteiger partial charge >= 0.3 is 0 Å². The normalized spacial score (nSPS) is 25.2. The lowest BCUT2D eigenvalue weighted by atomic mass is 9.98. The van der Waals surface area contributed by atoms with Gasteiger partial charge in [-0.1, -0.05) is 0 Å². The number of nitrogens with one attached hydrogen (secondary N) is 1. The largest absolute Gasteiger partial charge is 0.307 e. The van der Waals surface area contributed by atoms with E-state index in [1.165, 1.54) is 0 Å². The van der Waals surface area contributed by atoms with Crippen LogP contribution < -0.4 is 5.32 Å². The molecule has 2 atom stereocenters. The summed E-state index contributed by atoms with van der Waals surface area (Å²) >= 11 is 0. The molecule has 2 unspecified atom stereocenters. The molecule has 0 saturated carbocycles. The molecule has 2 heterocycles. The molecule has 0 fully saturated rings. The molecule has 1 aromatic rings. The molecule has 16 heavy (non-hydrogen) atoms. The van der Waals surface area contributed by atoms with Crippen LogP contribution in [0.2, 0.25) is 0 Å².